The molecule has 3 heteroatoms. The lowest BCUT2D eigenvalue weighted by Crippen LogP contribution is -1.99. The summed E-state index contributed by atoms with van der Waals surface area (Å²) >= 11 is 10.0. The van der Waals surface area contributed by atoms with Crippen molar-refractivity contribution < 1.29 is 0 Å². The summed E-state index contributed by atoms with van der Waals surface area (Å²) in [4.78, 5) is 0. The minimum absolute atomic E-state index is 0.616. The van der Waals surface area contributed by atoms with Crippen molar-refractivity contribution in [2.45, 2.75) is 12.7 Å². The molecule has 78 valence electrons. The summed E-state index contributed by atoms with van der Waals surface area (Å²) in [5.41, 5.74) is 1.40. The van der Waals surface area contributed by atoms with Crippen LogP contribution in [0.25, 0.3) is 0 Å². The lowest BCUT2D eigenvalue weighted by Gasteiger charge is -2.06. The number of alkyl halides is 1. The van der Waals surface area contributed by atoms with Gasteiger partial charge >= 0.3 is 0 Å². The van der Waals surface area contributed by atoms with Gasteiger partial charge in [0.05, 0.1) is 0 Å². The maximum atomic E-state index is 5.74. The molecule has 0 bridgehead atoms. The molecule has 0 N–H and O–H groups in total. The second kappa shape index (κ2) is 6.96. The first-order valence-corrected chi connectivity index (χ1v) is 7.37. The van der Waals surface area contributed by atoms with Gasteiger partial charge in [0.2, 0.25) is 0 Å². The van der Waals surface area contributed by atoms with Crippen LogP contribution in [-0.4, -0.2) is 11.6 Å². The molecule has 0 aromatic heterocycles. The third kappa shape index (κ3) is 4.89. The van der Waals surface area contributed by atoms with Crippen LogP contribution in [0.1, 0.15) is 12.5 Å². The van der Waals surface area contributed by atoms with Gasteiger partial charge in [-0.25, -0.2) is 0 Å². The fourth-order valence-electron chi connectivity index (χ4n) is 1.00. The summed E-state index contributed by atoms with van der Waals surface area (Å²) in [7, 11) is 0. The zero-order valence-electron chi connectivity index (χ0n) is 8.17. The maximum absolute atomic E-state index is 5.74. The largest absolute Gasteiger partial charge is 0.157 e. The van der Waals surface area contributed by atoms with Crippen LogP contribution in [0, 0.1) is 9.49 Å². The Labute approximate surface area is 109 Å². The molecule has 0 aliphatic rings. The van der Waals surface area contributed by atoms with E-state index in [2.05, 4.69) is 53.8 Å². The summed E-state index contributed by atoms with van der Waals surface area (Å²) in [5.74, 6) is 3.62. The van der Waals surface area contributed by atoms with Gasteiger partial charge in [-0.2, -0.15) is 11.8 Å². The van der Waals surface area contributed by atoms with Gasteiger partial charge in [-0.15, -0.1) is 11.6 Å². The van der Waals surface area contributed by atoms with E-state index in [0.717, 1.165) is 17.4 Å². The van der Waals surface area contributed by atoms with E-state index in [-0.39, 0.29) is 0 Å². The molecule has 14 heavy (non-hydrogen) atoms. The summed E-state index contributed by atoms with van der Waals surface area (Å²) in [6.07, 6.45) is 0. The molecule has 1 rings (SSSR count). The Morgan fingerprint density at radius 3 is 2.57 bits per heavy atom. The van der Waals surface area contributed by atoms with Gasteiger partial charge in [0.1, 0.15) is 0 Å². The van der Waals surface area contributed by atoms with Crippen LogP contribution in [0.2, 0.25) is 0 Å². The van der Waals surface area contributed by atoms with Crippen LogP contribution in [0.4, 0.5) is 0 Å². The third-order valence-electron chi connectivity index (χ3n) is 1.85. The summed E-state index contributed by atoms with van der Waals surface area (Å²) in [5, 5.41) is 0. The van der Waals surface area contributed by atoms with Crippen LogP contribution in [-0.2, 0) is 5.75 Å². The van der Waals surface area contributed by atoms with Crippen molar-refractivity contribution in [1.29, 1.82) is 0 Å². The molecule has 0 radical (unpaired) electrons. The van der Waals surface area contributed by atoms with Crippen LogP contribution < -0.4 is 0 Å². The highest BCUT2D eigenvalue weighted by molar-refractivity contribution is 14.1. The van der Waals surface area contributed by atoms with Crippen molar-refractivity contribution in [3.8, 4) is 0 Å². The number of benzene rings is 1. The van der Waals surface area contributed by atoms with Crippen LogP contribution in [0.5, 0.6) is 0 Å². The maximum Gasteiger partial charge on any atom is 0.0257 e. The summed E-state index contributed by atoms with van der Waals surface area (Å²) in [6, 6.07) is 8.70. The molecule has 0 saturated carbocycles. The lowest BCUT2D eigenvalue weighted by atomic mass is 10.2. The van der Waals surface area contributed by atoms with E-state index in [1.165, 1.54) is 9.13 Å². The first-order valence-electron chi connectivity index (χ1n) is 4.60. The number of hydrogen-bond acceptors (Lipinski definition) is 1. The summed E-state index contributed by atoms with van der Waals surface area (Å²) in [6.45, 7) is 2.19. The highest BCUT2D eigenvalue weighted by Gasteiger charge is 2.00. The Bertz CT molecular complexity index is 260. The van der Waals surface area contributed by atoms with Crippen LogP contribution in [0.15, 0.2) is 24.3 Å². The van der Waals surface area contributed by atoms with Crippen molar-refractivity contribution in [3.05, 3.63) is 33.4 Å². The highest BCUT2D eigenvalue weighted by atomic mass is 127. The molecule has 1 aromatic carbocycles. The van der Waals surface area contributed by atoms with Crippen molar-refractivity contribution >= 4 is 46.0 Å². The molecule has 0 spiro atoms. The number of halogens is 2. The molecule has 0 nitrogen and oxygen atoms in total. The van der Waals surface area contributed by atoms with E-state index in [1.807, 2.05) is 11.8 Å². The van der Waals surface area contributed by atoms with E-state index in [9.17, 15) is 0 Å². The predicted octanol–water partition coefficient (Wildman–Crippen LogP) is 4.40. The highest BCUT2D eigenvalue weighted by Crippen LogP contribution is 2.17. The molecule has 1 atom stereocenters. The quantitative estimate of drug-likeness (QED) is 0.565. The summed E-state index contributed by atoms with van der Waals surface area (Å²) < 4.78 is 1.30. The van der Waals surface area contributed by atoms with Gasteiger partial charge in [-0.3, -0.25) is 0 Å². The van der Waals surface area contributed by atoms with Gasteiger partial charge in [-0.05, 0) is 52.0 Å². The monoisotopic (exact) mass is 340 g/mol. The average Bonchev–Trinajstić information content (AvgIpc) is 2.21. The molecule has 0 fully saturated rings. The fourth-order valence-corrected chi connectivity index (χ4v) is 2.67. The average molecular weight is 341 g/mol. The third-order valence-corrected chi connectivity index (χ3v) is 4.44. The topological polar surface area (TPSA) is 0 Å². The first kappa shape index (κ1) is 12.7. The van der Waals surface area contributed by atoms with Crippen LogP contribution >= 0.6 is 46.0 Å². The molecular weight excluding hydrogens is 327 g/mol. The van der Waals surface area contributed by atoms with E-state index in [4.69, 9.17) is 11.6 Å². The minimum Gasteiger partial charge on any atom is -0.157 e. The zero-order valence-corrected chi connectivity index (χ0v) is 11.9. The Morgan fingerprint density at radius 2 is 2.00 bits per heavy atom. The van der Waals surface area contributed by atoms with Gasteiger partial charge in [0.25, 0.3) is 0 Å². The zero-order chi connectivity index (χ0) is 10.4. The second-order valence-electron chi connectivity index (χ2n) is 3.40. The van der Waals surface area contributed by atoms with E-state index >= 15 is 0 Å². The van der Waals surface area contributed by atoms with E-state index < -0.39 is 0 Å². The normalized spacial score (nSPS) is 12.8. The smallest absolute Gasteiger partial charge is 0.0257 e. The molecule has 0 aliphatic heterocycles. The van der Waals surface area contributed by atoms with Crippen molar-refractivity contribution in [2.75, 3.05) is 11.6 Å². The number of rotatable bonds is 5. The molecule has 0 aliphatic carbocycles. The Morgan fingerprint density at radius 1 is 1.36 bits per heavy atom. The predicted molar refractivity (Wildman–Crippen MR) is 75.2 cm³/mol. The van der Waals surface area contributed by atoms with Crippen LogP contribution in [0.3, 0.4) is 0 Å². The molecular formula is C11H14ClIS. The van der Waals surface area contributed by atoms with Gasteiger partial charge < -0.3 is 0 Å². The Balaban J connectivity index is 2.28. The van der Waals surface area contributed by atoms with Crippen molar-refractivity contribution in [3.63, 3.8) is 0 Å². The standard InChI is InChI=1S/C11H14ClIS/c1-9(6-12)7-14-8-10-2-4-11(13)5-3-10/h2-5,9H,6-8H2,1H3. The molecule has 1 unspecified atom stereocenters. The van der Waals surface area contributed by atoms with Crippen molar-refractivity contribution in [2.24, 2.45) is 5.92 Å². The molecule has 0 amide bonds. The first-order chi connectivity index (χ1) is 6.72. The Hall–Kier alpha value is 0.590. The fraction of sp³-hybridized carbons (Fsp3) is 0.455. The minimum atomic E-state index is 0.616. The SMILES string of the molecule is CC(CCl)CSCc1ccc(I)cc1. The molecule has 0 heterocycles. The van der Waals surface area contributed by atoms with E-state index in [0.29, 0.717) is 5.92 Å². The van der Waals surface area contributed by atoms with Gasteiger partial charge in [-0.1, -0.05) is 19.1 Å². The van der Waals surface area contributed by atoms with Gasteiger partial charge in [0.15, 0.2) is 0 Å². The number of hydrogen-bond donors (Lipinski definition) is 0. The number of thioether (sulfide) groups is 1. The van der Waals surface area contributed by atoms with Crippen molar-refractivity contribution in [1.82, 2.24) is 0 Å². The second-order valence-corrected chi connectivity index (χ2v) is 5.99. The lowest BCUT2D eigenvalue weighted by molar-refractivity contribution is 0.759. The molecule has 1 aromatic rings. The van der Waals surface area contributed by atoms with E-state index in [1.54, 1.807) is 0 Å². The molecule has 0 saturated heterocycles. The Kier molecular flexibility index (Phi) is 6.29. The van der Waals surface area contributed by atoms with Gasteiger partial charge in [0, 0.05) is 15.2 Å².